The third kappa shape index (κ3) is 3.14. The van der Waals surface area contributed by atoms with Gasteiger partial charge in [0.15, 0.2) is 0 Å². The molecule has 4 nitrogen and oxygen atoms in total. The molecule has 2 aliphatic rings. The van der Waals surface area contributed by atoms with Crippen LogP contribution in [0.2, 0.25) is 0 Å². The molecule has 1 amide bonds. The number of rotatable bonds is 6. The van der Waals surface area contributed by atoms with Crippen LogP contribution in [0.5, 0.6) is 11.5 Å². The molecule has 130 valence electrons. The van der Waals surface area contributed by atoms with Crippen LogP contribution in [0.4, 0.5) is 5.69 Å². The molecular weight excluding hydrogens is 302 g/mol. The van der Waals surface area contributed by atoms with Crippen molar-refractivity contribution < 1.29 is 14.3 Å². The number of carbonyl (C=O) groups is 1. The molecule has 0 radical (unpaired) electrons. The molecule has 0 spiro atoms. The first-order chi connectivity index (χ1) is 11.5. The van der Waals surface area contributed by atoms with E-state index in [0.29, 0.717) is 40.9 Å². The lowest BCUT2D eigenvalue weighted by Crippen LogP contribution is -2.33. The summed E-state index contributed by atoms with van der Waals surface area (Å²) < 4.78 is 10.6. The zero-order valence-corrected chi connectivity index (χ0v) is 14.9. The fourth-order valence-electron chi connectivity index (χ4n) is 4.30. The Bertz CT molecular complexity index is 638. The van der Waals surface area contributed by atoms with Crippen molar-refractivity contribution in [2.75, 3.05) is 19.5 Å². The lowest BCUT2D eigenvalue weighted by Gasteiger charge is -2.28. The van der Waals surface area contributed by atoms with E-state index in [1.165, 1.54) is 0 Å². The van der Waals surface area contributed by atoms with Crippen molar-refractivity contribution in [3.63, 3.8) is 0 Å². The maximum Gasteiger partial charge on any atom is 0.228 e. The topological polar surface area (TPSA) is 47.6 Å². The Balaban J connectivity index is 1.78. The van der Waals surface area contributed by atoms with Crippen molar-refractivity contribution in [1.29, 1.82) is 0 Å². The summed E-state index contributed by atoms with van der Waals surface area (Å²) >= 11 is 0. The number of fused-ring (bicyclic) bond motifs is 2. The normalized spacial score (nSPS) is 27.5. The molecule has 0 aromatic heterocycles. The average Bonchev–Trinajstić information content (AvgIpc) is 3.16. The second-order valence-electron chi connectivity index (χ2n) is 7.32. The van der Waals surface area contributed by atoms with E-state index in [9.17, 15) is 4.79 Å². The minimum atomic E-state index is 0.0641. The Hall–Kier alpha value is -1.97. The van der Waals surface area contributed by atoms with E-state index in [4.69, 9.17) is 9.47 Å². The number of amides is 1. The second-order valence-corrected chi connectivity index (χ2v) is 7.32. The van der Waals surface area contributed by atoms with Crippen molar-refractivity contribution >= 4 is 11.6 Å². The molecule has 0 aliphatic heterocycles. The average molecular weight is 329 g/mol. The maximum absolute atomic E-state index is 13.0. The van der Waals surface area contributed by atoms with Gasteiger partial charge in [-0.3, -0.25) is 4.79 Å². The van der Waals surface area contributed by atoms with Crippen molar-refractivity contribution in [1.82, 2.24) is 0 Å². The van der Waals surface area contributed by atoms with Crippen molar-refractivity contribution in [2.45, 2.75) is 26.7 Å². The highest BCUT2D eigenvalue weighted by molar-refractivity contribution is 5.95. The summed E-state index contributed by atoms with van der Waals surface area (Å²) in [6.07, 6.45) is 6.77. The molecule has 4 heteroatoms. The number of nitrogens with one attached hydrogen (secondary N) is 1. The minimum Gasteiger partial charge on any atom is -0.497 e. The maximum atomic E-state index is 13.0. The first kappa shape index (κ1) is 16.9. The van der Waals surface area contributed by atoms with Gasteiger partial charge in [-0.2, -0.15) is 0 Å². The first-order valence-electron chi connectivity index (χ1n) is 8.74. The third-order valence-electron chi connectivity index (χ3n) is 5.34. The van der Waals surface area contributed by atoms with Crippen LogP contribution >= 0.6 is 0 Å². The van der Waals surface area contributed by atoms with Crippen LogP contribution in [0.15, 0.2) is 30.4 Å². The molecule has 1 aromatic carbocycles. The fraction of sp³-hybridized carbons (Fsp3) is 0.550. The Kier molecular flexibility index (Phi) is 4.83. The monoisotopic (exact) mass is 329 g/mol. The van der Waals surface area contributed by atoms with Crippen LogP contribution in [0.1, 0.15) is 26.7 Å². The van der Waals surface area contributed by atoms with Gasteiger partial charge in [0.05, 0.1) is 19.9 Å². The van der Waals surface area contributed by atoms with Crippen LogP contribution in [-0.2, 0) is 4.79 Å². The van der Waals surface area contributed by atoms with E-state index in [1.807, 2.05) is 12.1 Å². The summed E-state index contributed by atoms with van der Waals surface area (Å²) in [6.45, 7) is 4.47. The largest absolute Gasteiger partial charge is 0.497 e. The van der Waals surface area contributed by atoms with Crippen molar-refractivity contribution in [2.24, 2.45) is 29.6 Å². The highest BCUT2D eigenvalue weighted by atomic mass is 16.5. The summed E-state index contributed by atoms with van der Waals surface area (Å²) in [5, 5.41) is 3.09. The van der Waals surface area contributed by atoms with Crippen LogP contribution < -0.4 is 14.8 Å². The minimum absolute atomic E-state index is 0.0641. The van der Waals surface area contributed by atoms with Crippen molar-refractivity contribution in [3.8, 4) is 11.5 Å². The highest BCUT2D eigenvalue weighted by Gasteiger charge is 2.47. The lowest BCUT2D eigenvalue weighted by molar-refractivity contribution is -0.122. The molecule has 0 heterocycles. The van der Waals surface area contributed by atoms with Crippen LogP contribution in [0.25, 0.3) is 0 Å². The van der Waals surface area contributed by atoms with E-state index >= 15 is 0 Å². The predicted octanol–water partition coefficient (Wildman–Crippen LogP) is 4.13. The Morgan fingerprint density at radius 3 is 2.62 bits per heavy atom. The van der Waals surface area contributed by atoms with Gasteiger partial charge in [-0.25, -0.2) is 0 Å². The number of hydrogen-bond acceptors (Lipinski definition) is 3. The van der Waals surface area contributed by atoms with Gasteiger partial charge in [0.25, 0.3) is 0 Å². The standard InChI is InChI=1S/C20H27NO3/c1-12(2)9-16-13-5-6-14(10-13)19(16)20(22)21-17-8-7-15(23-3)11-18(17)24-4/h5-8,11-14,16,19H,9-10H2,1-4H3,(H,21,22). The SMILES string of the molecule is COc1ccc(NC(=O)C2C3C=CC(C3)C2CC(C)C)c(OC)c1. The number of benzene rings is 1. The van der Waals surface area contributed by atoms with Crippen molar-refractivity contribution in [3.05, 3.63) is 30.4 Å². The molecule has 1 N–H and O–H groups in total. The van der Waals surface area contributed by atoms with E-state index < -0.39 is 0 Å². The van der Waals surface area contributed by atoms with E-state index in [1.54, 1.807) is 20.3 Å². The van der Waals surface area contributed by atoms with Gasteiger partial charge in [0, 0.05) is 12.0 Å². The molecule has 4 unspecified atom stereocenters. The highest BCUT2D eigenvalue weighted by Crippen LogP contribution is 2.50. The Labute approximate surface area is 144 Å². The number of methoxy groups -OCH3 is 2. The summed E-state index contributed by atoms with van der Waals surface area (Å²) in [5.74, 6) is 3.51. The molecule has 1 fully saturated rings. The summed E-state index contributed by atoms with van der Waals surface area (Å²) in [5.41, 5.74) is 0.707. The molecule has 24 heavy (non-hydrogen) atoms. The van der Waals surface area contributed by atoms with Gasteiger partial charge in [0.2, 0.25) is 5.91 Å². The Morgan fingerprint density at radius 1 is 1.21 bits per heavy atom. The number of anilines is 1. The summed E-state index contributed by atoms with van der Waals surface area (Å²) in [4.78, 5) is 13.0. The molecule has 4 atom stereocenters. The number of allylic oxidation sites excluding steroid dienone is 2. The third-order valence-corrected chi connectivity index (χ3v) is 5.34. The molecule has 3 rings (SSSR count). The van der Waals surface area contributed by atoms with E-state index in [0.717, 1.165) is 12.8 Å². The van der Waals surface area contributed by atoms with Gasteiger partial charge >= 0.3 is 0 Å². The lowest BCUT2D eigenvalue weighted by atomic mass is 9.78. The van der Waals surface area contributed by atoms with E-state index in [2.05, 4.69) is 31.3 Å². The zero-order chi connectivity index (χ0) is 17.3. The fourth-order valence-corrected chi connectivity index (χ4v) is 4.30. The van der Waals surface area contributed by atoms with Gasteiger partial charge in [-0.15, -0.1) is 0 Å². The molecule has 2 aliphatic carbocycles. The van der Waals surface area contributed by atoms with Gasteiger partial charge in [0.1, 0.15) is 11.5 Å². The number of ether oxygens (including phenoxy) is 2. The molecule has 0 saturated heterocycles. The zero-order valence-electron chi connectivity index (χ0n) is 14.9. The number of carbonyl (C=O) groups excluding carboxylic acids is 1. The smallest absolute Gasteiger partial charge is 0.228 e. The quantitative estimate of drug-likeness (QED) is 0.798. The first-order valence-corrected chi connectivity index (χ1v) is 8.74. The molecule has 2 bridgehead atoms. The number of hydrogen-bond donors (Lipinski definition) is 1. The van der Waals surface area contributed by atoms with Crippen LogP contribution in [0, 0.1) is 29.6 Å². The van der Waals surface area contributed by atoms with Crippen LogP contribution in [0.3, 0.4) is 0 Å². The van der Waals surface area contributed by atoms with Gasteiger partial charge < -0.3 is 14.8 Å². The predicted molar refractivity (Wildman–Crippen MR) is 95.3 cm³/mol. The molecule has 1 saturated carbocycles. The summed E-state index contributed by atoms with van der Waals surface area (Å²) in [7, 11) is 3.22. The molecular formula is C20H27NO3. The summed E-state index contributed by atoms with van der Waals surface area (Å²) in [6, 6.07) is 5.47. The van der Waals surface area contributed by atoms with Crippen LogP contribution in [-0.4, -0.2) is 20.1 Å². The Morgan fingerprint density at radius 2 is 1.96 bits per heavy atom. The second kappa shape index (κ2) is 6.88. The molecule has 1 aromatic rings. The van der Waals surface area contributed by atoms with E-state index in [-0.39, 0.29) is 11.8 Å². The van der Waals surface area contributed by atoms with Gasteiger partial charge in [-0.05, 0) is 48.6 Å². The van der Waals surface area contributed by atoms with Gasteiger partial charge in [-0.1, -0.05) is 26.0 Å².